The van der Waals surface area contributed by atoms with Crippen molar-refractivity contribution >= 4 is 11.9 Å². The van der Waals surface area contributed by atoms with Crippen LogP contribution in [0.15, 0.2) is 18.7 Å². The van der Waals surface area contributed by atoms with Gasteiger partial charge in [0.05, 0.1) is 12.1 Å². The van der Waals surface area contributed by atoms with E-state index >= 15 is 0 Å². The Bertz CT molecular complexity index is 577. The summed E-state index contributed by atoms with van der Waals surface area (Å²) in [5, 5.41) is 3.30. The Morgan fingerprint density at radius 1 is 1.40 bits per heavy atom. The van der Waals surface area contributed by atoms with Gasteiger partial charge in [-0.2, -0.15) is 15.0 Å². The SMILES string of the molecule is CC1(Nc2nc(N)nc(-n3ccnc3)n2)CCCOC1. The molecule has 20 heavy (non-hydrogen) atoms. The van der Waals surface area contributed by atoms with E-state index in [1.807, 2.05) is 0 Å². The molecule has 3 rings (SSSR count). The molecule has 0 radical (unpaired) electrons. The molecule has 0 spiro atoms. The highest BCUT2D eigenvalue weighted by atomic mass is 16.5. The number of nitrogens with two attached hydrogens (primary N) is 1. The standard InChI is InChI=1S/C12H17N7O/c1-12(3-2-6-20-7-12)18-10-15-9(13)16-11(17-10)19-5-4-14-8-19/h4-5,8H,2-3,6-7H2,1H3,(H3,13,15,16,17,18). The zero-order chi connectivity index (χ0) is 14.0. The number of rotatable bonds is 3. The third-order valence-corrected chi connectivity index (χ3v) is 3.23. The van der Waals surface area contributed by atoms with Crippen LogP contribution in [0.5, 0.6) is 0 Å². The Hall–Kier alpha value is -2.22. The summed E-state index contributed by atoms with van der Waals surface area (Å²) in [5.74, 6) is 1.07. The maximum Gasteiger partial charge on any atom is 0.241 e. The Kier molecular flexibility index (Phi) is 3.23. The summed E-state index contributed by atoms with van der Waals surface area (Å²) in [6.45, 7) is 3.51. The molecule has 3 heterocycles. The number of aromatic nitrogens is 5. The molecule has 2 aromatic rings. The topological polar surface area (TPSA) is 104 Å². The van der Waals surface area contributed by atoms with E-state index in [9.17, 15) is 0 Å². The number of imidazole rings is 1. The first-order valence-electron chi connectivity index (χ1n) is 6.50. The average Bonchev–Trinajstić information content (AvgIpc) is 2.92. The Labute approximate surface area is 116 Å². The minimum absolute atomic E-state index is 0.173. The highest BCUT2D eigenvalue weighted by Gasteiger charge is 2.28. The fourth-order valence-electron chi connectivity index (χ4n) is 2.23. The van der Waals surface area contributed by atoms with Crippen LogP contribution in [0.4, 0.5) is 11.9 Å². The van der Waals surface area contributed by atoms with Crippen molar-refractivity contribution in [2.75, 3.05) is 24.3 Å². The van der Waals surface area contributed by atoms with Crippen molar-refractivity contribution in [2.45, 2.75) is 25.3 Å². The lowest BCUT2D eigenvalue weighted by molar-refractivity contribution is 0.0537. The van der Waals surface area contributed by atoms with E-state index in [1.54, 1.807) is 23.3 Å². The van der Waals surface area contributed by atoms with Crippen LogP contribution in [-0.2, 0) is 4.74 Å². The van der Waals surface area contributed by atoms with Crippen molar-refractivity contribution in [3.63, 3.8) is 0 Å². The summed E-state index contributed by atoms with van der Waals surface area (Å²) in [6.07, 6.45) is 7.04. The maximum atomic E-state index is 5.75. The Balaban J connectivity index is 1.86. The molecule has 1 saturated heterocycles. The summed E-state index contributed by atoms with van der Waals surface area (Å²) in [5.41, 5.74) is 5.56. The van der Waals surface area contributed by atoms with Gasteiger partial charge in [-0.25, -0.2) is 4.98 Å². The van der Waals surface area contributed by atoms with Crippen LogP contribution in [-0.4, -0.2) is 43.3 Å². The zero-order valence-electron chi connectivity index (χ0n) is 11.3. The molecule has 8 heteroatoms. The van der Waals surface area contributed by atoms with Gasteiger partial charge in [0, 0.05) is 19.0 Å². The number of nitrogen functional groups attached to an aromatic ring is 1. The molecular weight excluding hydrogens is 258 g/mol. The second-order valence-electron chi connectivity index (χ2n) is 5.13. The lowest BCUT2D eigenvalue weighted by Crippen LogP contribution is -2.43. The second kappa shape index (κ2) is 5.04. The number of nitrogens with zero attached hydrogens (tertiary/aromatic N) is 5. The minimum atomic E-state index is -0.182. The summed E-state index contributed by atoms with van der Waals surface area (Å²) in [4.78, 5) is 16.6. The van der Waals surface area contributed by atoms with Crippen LogP contribution in [0.3, 0.4) is 0 Å². The summed E-state index contributed by atoms with van der Waals surface area (Å²) < 4.78 is 7.19. The number of hydrogen-bond acceptors (Lipinski definition) is 7. The molecule has 8 nitrogen and oxygen atoms in total. The van der Waals surface area contributed by atoms with Gasteiger partial charge >= 0.3 is 0 Å². The first kappa shape index (κ1) is 12.8. The lowest BCUT2D eigenvalue weighted by atomic mass is 9.95. The second-order valence-corrected chi connectivity index (χ2v) is 5.13. The molecule has 1 aliphatic rings. The van der Waals surface area contributed by atoms with E-state index < -0.39 is 0 Å². The van der Waals surface area contributed by atoms with Crippen molar-refractivity contribution in [1.82, 2.24) is 24.5 Å². The van der Waals surface area contributed by atoms with Crippen LogP contribution in [0.25, 0.3) is 5.95 Å². The quantitative estimate of drug-likeness (QED) is 0.846. The average molecular weight is 275 g/mol. The summed E-state index contributed by atoms with van der Waals surface area (Å²) in [6, 6.07) is 0. The number of nitrogens with one attached hydrogen (secondary N) is 1. The number of hydrogen-bond donors (Lipinski definition) is 2. The fourth-order valence-corrected chi connectivity index (χ4v) is 2.23. The van der Waals surface area contributed by atoms with Gasteiger partial charge in [-0.15, -0.1) is 0 Å². The first-order chi connectivity index (χ1) is 9.65. The van der Waals surface area contributed by atoms with Gasteiger partial charge in [-0.1, -0.05) is 0 Å². The van der Waals surface area contributed by atoms with Crippen molar-refractivity contribution in [3.8, 4) is 5.95 Å². The lowest BCUT2D eigenvalue weighted by Gasteiger charge is -2.34. The molecule has 1 fully saturated rings. The van der Waals surface area contributed by atoms with Crippen LogP contribution in [0.2, 0.25) is 0 Å². The smallest absolute Gasteiger partial charge is 0.241 e. The maximum absolute atomic E-state index is 5.75. The monoisotopic (exact) mass is 275 g/mol. The molecular formula is C12H17N7O. The van der Waals surface area contributed by atoms with Gasteiger partial charge in [0.2, 0.25) is 17.8 Å². The van der Waals surface area contributed by atoms with Crippen LogP contribution in [0, 0.1) is 0 Å². The molecule has 3 N–H and O–H groups in total. The number of ether oxygens (including phenoxy) is 1. The predicted octanol–water partition coefficient (Wildman–Crippen LogP) is 0.620. The van der Waals surface area contributed by atoms with E-state index in [0.29, 0.717) is 18.5 Å². The largest absolute Gasteiger partial charge is 0.379 e. The van der Waals surface area contributed by atoms with Crippen molar-refractivity contribution in [1.29, 1.82) is 0 Å². The summed E-state index contributed by atoms with van der Waals surface area (Å²) >= 11 is 0. The van der Waals surface area contributed by atoms with Gasteiger partial charge in [-0.05, 0) is 19.8 Å². The normalized spacial score (nSPS) is 22.6. The van der Waals surface area contributed by atoms with E-state index in [1.165, 1.54) is 0 Å². The number of anilines is 2. The zero-order valence-corrected chi connectivity index (χ0v) is 11.3. The third-order valence-electron chi connectivity index (χ3n) is 3.23. The van der Waals surface area contributed by atoms with E-state index in [4.69, 9.17) is 10.5 Å². The molecule has 0 aliphatic carbocycles. The predicted molar refractivity (Wildman–Crippen MR) is 73.4 cm³/mol. The van der Waals surface area contributed by atoms with Gasteiger partial charge in [-0.3, -0.25) is 4.57 Å². The Morgan fingerprint density at radius 2 is 2.30 bits per heavy atom. The van der Waals surface area contributed by atoms with Crippen molar-refractivity contribution in [2.24, 2.45) is 0 Å². The first-order valence-corrected chi connectivity index (χ1v) is 6.50. The fraction of sp³-hybridized carbons (Fsp3) is 0.500. The van der Waals surface area contributed by atoms with Gasteiger partial charge in [0.15, 0.2) is 0 Å². The molecule has 106 valence electrons. The third kappa shape index (κ3) is 2.69. The molecule has 2 aromatic heterocycles. The summed E-state index contributed by atoms with van der Waals surface area (Å²) in [7, 11) is 0. The molecule has 1 unspecified atom stereocenters. The Morgan fingerprint density at radius 3 is 3.00 bits per heavy atom. The molecule has 0 amide bonds. The van der Waals surface area contributed by atoms with Crippen molar-refractivity contribution < 1.29 is 4.74 Å². The van der Waals surface area contributed by atoms with Crippen LogP contribution < -0.4 is 11.1 Å². The van der Waals surface area contributed by atoms with Crippen LogP contribution >= 0.6 is 0 Å². The molecule has 0 bridgehead atoms. The van der Waals surface area contributed by atoms with E-state index in [-0.39, 0.29) is 11.5 Å². The van der Waals surface area contributed by atoms with Crippen LogP contribution in [0.1, 0.15) is 19.8 Å². The molecule has 1 aliphatic heterocycles. The van der Waals surface area contributed by atoms with Gasteiger partial charge in [0.25, 0.3) is 0 Å². The molecule has 0 aromatic carbocycles. The van der Waals surface area contributed by atoms with E-state index in [0.717, 1.165) is 19.4 Å². The van der Waals surface area contributed by atoms with Gasteiger partial charge < -0.3 is 15.8 Å². The molecule has 0 saturated carbocycles. The van der Waals surface area contributed by atoms with E-state index in [2.05, 4.69) is 32.2 Å². The minimum Gasteiger partial charge on any atom is -0.379 e. The van der Waals surface area contributed by atoms with Crippen molar-refractivity contribution in [3.05, 3.63) is 18.7 Å². The highest BCUT2D eigenvalue weighted by molar-refractivity contribution is 5.37. The van der Waals surface area contributed by atoms with Gasteiger partial charge in [0.1, 0.15) is 6.33 Å². The highest BCUT2D eigenvalue weighted by Crippen LogP contribution is 2.22. The molecule has 1 atom stereocenters.